The van der Waals surface area contributed by atoms with Gasteiger partial charge in [0, 0.05) is 39.9 Å². The molecule has 0 bridgehead atoms. The van der Waals surface area contributed by atoms with E-state index in [1.54, 1.807) is 42.2 Å². The Balaban J connectivity index is 1.84. The number of halogens is 2. The lowest BCUT2D eigenvalue weighted by atomic mass is 10.4. The highest BCUT2D eigenvalue weighted by Crippen LogP contribution is 2.24. The summed E-state index contributed by atoms with van der Waals surface area (Å²) in [5.41, 5.74) is 0.903. The molecule has 2 heterocycles. The summed E-state index contributed by atoms with van der Waals surface area (Å²) in [6.07, 6.45) is 0. The molecule has 0 aliphatic rings. The smallest absolute Gasteiger partial charge is 0.252 e. The Bertz CT molecular complexity index is 863. The molecule has 0 fully saturated rings. The Morgan fingerprint density at radius 2 is 2.12 bits per heavy atom. The average molecular weight is 438 g/mol. The van der Waals surface area contributed by atoms with Crippen LogP contribution in [-0.2, 0) is 23.6 Å². The highest BCUT2D eigenvalue weighted by atomic mass is 35.5. The van der Waals surface area contributed by atoms with Crippen molar-refractivity contribution in [2.24, 2.45) is 12.0 Å². The predicted molar refractivity (Wildman–Crippen MR) is 108 cm³/mol. The van der Waals surface area contributed by atoms with Crippen LogP contribution in [0.2, 0.25) is 10.2 Å². The third-order valence-corrected chi connectivity index (χ3v) is 7.83. The van der Waals surface area contributed by atoms with E-state index in [1.165, 1.54) is 15.6 Å². The lowest BCUT2D eigenvalue weighted by molar-refractivity contribution is 0.471. The first-order chi connectivity index (χ1) is 12.3. The molecule has 0 atom stereocenters. The lowest BCUT2D eigenvalue weighted by Crippen LogP contribution is -2.41. The van der Waals surface area contributed by atoms with Crippen molar-refractivity contribution < 1.29 is 8.42 Å². The van der Waals surface area contributed by atoms with Crippen LogP contribution in [0.1, 0.15) is 5.69 Å². The average Bonchev–Trinajstić information content (AvgIpc) is 3.23. The molecule has 2 aromatic heterocycles. The van der Waals surface area contributed by atoms with Crippen molar-refractivity contribution in [3.63, 3.8) is 0 Å². The standard InChI is InChI=1S/C15H21Cl2N5O2S2/c1-18-15(20-10-11-9-12(16)14(17)22(11)3)19-6-7-21(2)26(23,24)13-5-4-8-25-13/h4-5,8-9H,6-7,10H2,1-3H3,(H2,18,19,20). The maximum absolute atomic E-state index is 12.4. The fourth-order valence-corrected chi connectivity index (χ4v) is 4.96. The monoisotopic (exact) mass is 437 g/mol. The normalized spacial score (nSPS) is 12.6. The Hall–Kier alpha value is -1.26. The fraction of sp³-hybridized carbons (Fsp3) is 0.400. The number of aromatic nitrogens is 1. The van der Waals surface area contributed by atoms with E-state index in [2.05, 4.69) is 15.6 Å². The third kappa shape index (κ3) is 4.92. The molecule has 0 spiro atoms. The van der Waals surface area contributed by atoms with E-state index in [4.69, 9.17) is 23.2 Å². The van der Waals surface area contributed by atoms with E-state index < -0.39 is 10.0 Å². The van der Waals surface area contributed by atoms with Gasteiger partial charge in [0.15, 0.2) is 5.96 Å². The molecule has 26 heavy (non-hydrogen) atoms. The molecule has 2 aromatic rings. The van der Waals surface area contributed by atoms with Crippen molar-refractivity contribution in [1.82, 2.24) is 19.5 Å². The molecule has 0 radical (unpaired) electrons. The summed E-state index contributed by atoms with van der Waals surface area (Å²) in [6, 6.07) is 5.10. The molecule has 0 saturated carbocycles. The molecule has 0 aliphatic carbocycles. The van der Waals surface area contributed by atoms with E-state index in [9.17, 15) is 8.42 Å². The van der Waals surface area contributed by atoms with Gasteiger partial charge in [-0.15, -0.1) is 11.3 Å². The summed E-state index contributed by atoms with van der Waals surface area (Å²) in [4.78, 5) is 4.12. The summed E-state index contributed by atoms with van der Waals surface area (Å²) < 4.78 is 28.1. The van der Waals surface area contributed by atoms with E-state index >= 15 is 0 Å². The SMILES string of the molecule is CN=C(NCCN(C)S(=O)(=O)c1cccs1)NCc1cc(Cl)c(Cl)n1C. The number of likely N-dealkylation sites (N-methyl/N-ethyl adjacent to an activating group) is 1. The number of guanidine groups is 1. The second-order valence-electron chi connectivity index (χ2n) is 5.44. The number of nitrogens with one attached hydrogen (secondary N) is 2. The Morgan fingerprint density at radius 3 is 2.65 bits per heavy atom. The van der Waals surface area contributed by atoms with Gasteiger partial charge in [-0.05, 0) is 17.5 Å². The second kappa shape index (κ2) is 9.09. The van der Waals surface area contributed by atoms with Crippen molar-refractivity contribution >= 4 is 50.5 Å². The van der Waals surface area contributed by atoms with Crippen molar-refractivity contribution in [1.29, 1.82) is 0 Å². The number of nitrogens with zero attached hydrogens (tertiary/aromatic N) is 3. The molecule has 0 unspecified atom stereocenters. The van der Waals surface area contributed by atoms with Crippen LogP contribution in [0.4, 0.5) is 0 Å². The quantitative estimate of drug-likeness (QED) is 0.514. The van der Waals surface area contributed by atoms with E-state index in [0.29, 0.717) is 40.0 Å². The predicted octanol–water partition coefficient (Wildman–Crippen LogP) is 2.38. The summed E-state index contributed by atoms with van der Waals surface area (Å²) in [7, 11) is 1.58. The number of thiophene rings is 1. The first-order valence-corrected chi connectivity index (χ1v) is 10.8. The van der Waals surface area contributed by atoms with Crippen LogP contribution in [0.15, 0.2) is 32.8 Å². The van der Waals surface area contributed by atoms with Crippen LogP contribution >= 0.6 is 34.5 Å². The molecule has 0 saturated heterocycles. The Morgan fingerprint density at radius 1 is 1.38 bits per heavy atom. The first kappa shape index (κ1) is 21.0. The minimum atomic E-state index is -3.44. The van der Waals surface area contributed by atoms with Crippen LogP contribution in [0.25, 0.3) is 0 Å². The molecule has 2 rings (SSSR count). The number of sulfonamides is 1. The molecule has 144 valence electrons. The highest BCUT2D eigenvalue weighted by Gasteiger charge is 2.21. The maximum Gasteiger partial charge on any atom is 0.252 e. The maximum atomic E-state index is 12.4. The molecule has 7 nitrogen and oxygen atoms in total. The van der Waals surface area contributed by atoms with Crippen molar-refractivity contribution in [2.45, 2.75) is 10.8 Å². The zero-order valence-corrected chi connectivity index (χ0v) is 17.8. The van der Waals surface area contributed by atoms with Gasteiger partial charge in [0.25, 0.3) is 10.0 Å². The number of hydrogen-bond acceptors (Lipinski definition) is 4. The first-order valence-electron chi connectivity index (χ1n) is 7.71. The van der Waals surface area contributed by atoms with Crippen LogP contribution in [0, 0.1) is 0 Å². The minimum absolute atomic E-state index is 0.308. The number of aliphatic imine (C=N–C) groups is 1. The Kier molecular flexibility index (Phi) is 7.36. The van der Waals surface area contributed by atoms with Gasteiger partial charge in [0.05, 0.1) is 11.6 Å². The van der Waals surface area contributed by atoms with Gasteiger partial charge >= 0.3 is 0 Å². The third-order valence-electron chi connectivity index (χ3n) is 3.76. The van der Waals surface area contributed by atoms with Crippen molar-refractivity contribution in [3.8, 4) is 0 Å². The minimum Gasteiger partial charge on any atom is -0.355 e. The van der Waals surface area contributed by atoms with Gasteiger partial charge in [-0.3, -0.25) is 4.99 Å². The zero-order valence-electron chi connectivity index (χ0n) is 14.7. The Labute approximate surface area is 167 Å². The van der Waals surface area contributed by atoms with Crippen LogP contribution in [0.5, 0.6) is 0 Å². The molecular formula is C15H21Cl2N5O2S2. The van der Waals surface area contributed by atoms with Gasteiger partial charge in [0.2, 0.25) is 0 Å². The van der Waals surface area contributed by atoms with Crippen molar-refractivity contribution in [3.05, 3.63) is 39.4 Å². The summed E-state index contributed by atoms with van der Waals surface area (Å²) in [6.45, 7) is 1.20. The molecule has 0 aliphatic heterocycles. The highest BCUT2D eigenvalue weighted by molar-refractivity contribution is 7.91. The molecule has 11 heteroatoms. The molecule has 0 aromatic carbocycles. The summed E-state index contributed by atoms with van der Waals surface area (Å²) in [5.74, 6) is 0.556. The number of rotatable bonds is 7. The topological polar surface area (TPSA) is 78.7 Å². The van der Waals surface area contributed by atoms with Gasteiger partial charge in [0.1, 0.15) is 9.36 Å². The molecular weight excluding hydrogens is 417 g/mol. The molecule has 2 N–H and O–H groups in total. The summed E-state index contributed by atoms with van der Waals surface area (Å²) in [5, 5.41) is 8.95. The van der Waals surface area contributed by atoms with E-state index in [-0.39, 0.29) is 0 Å². The lowest BCUT2D eigenvalue weighted by Gasteiger charge is -2.18. The van der Waals surface area contributed by atoms with Gasteiger partial charge in [-0.2, -0.15) is 4.31 Å². The summed E-state index contributed by atoms with van der Waals surface area (Å²) >= 11 is 13.2. The van der Waals surface area contributed by atoms with Gasteiger partial charge < -0.3 is 15.2 Å². The zero-order chi connectivity index (χ0) is 19.3. The van der Waals surface area contributed by atoms with Crippen LogP contribution in [-0.4, -0.2) is 50.4 Å². The van der Waals surface area contributed by atoms with Gasteiger partial charge in [-0.1, -0.05) is 29.3 Å². The van der Waals surface area contributed by atoms with E-state index in [1.807, 2.05) is 7.05 Å². The number of hydrogen-bond donors (Lipinski definition) is 2. The van der Waals surface area contributed by atoms with Crippen LogP contribution in [0.3, 0.4) is 0 Å². The molecule has 0 amide bonds. The fourth-order valence-electron chi connectivity index (χ4n) is 2.17. The van der Waals surface area contributed by atoms with Crippen molar-refractivity contribution in [2.75, 3.05) is 27.2 Å². The van der Waals surface area contributed by atoms with Gasteiger partial charge in [-0.25, -0.2) is 8.42 Å². The second-order valence-corrected chi connectivity index (χ2v) is 9.43. The largest absolute Gasteiger partial charge is 0.355 e. The van der Waals surface area contributed by atoms with E-state index in [0.717, 1.165) is 5.69 Å². The van der Waals surface area contributed by atoms with Crippen LogP contribution < -0.4 is 10.6 Å².